The molecule has 1 aromatic heterocycles. The summed E-state index contributed by atoms with van der Waals surface area (Å²) >= 11 is 0. The van der Waals surface area contributed by atoms with E-state index in [0.717, 1.165) is 10.7 Å². The lowest BCUT2D eigenvalue weighted by Gasteiger charge is -2.13. The van der Waals surface area contributed by atoms with Gasteiger partial charge in [0.25, 0.3) is 5.56 Å². The zero-order chi connectivity index (χ0) is 23.0. The van der Waals surface area contributed by atoms with Gasteiger partial charge in [-0.2, -0.15) is 23.0 Å². The Morgan fingerprint density at radius 2 is 1.81 bits per heavy atom. The number of halogens is 4. The van der Waals surface area contributed by atoms with Crippen LogP contribution in [0.3, 0.4) is 0 Å². The normalized spacial score (nSPS) is 12.1. The average molecular weight is 455 g/mol. The first-order valence-corrected chi connectivity index (χ1v) is 10.7. The molecule has 0 fully saturated rings. The number of alkyl halides is 3. The van der Waals surface area contributed by atoms with Gasteiger partial charge in [-0.05, 0) is 49.7 Å². The Balaban J connectivity index is 2.06. The molecule has 0 saturated carbocycles. The van der Waals surface area contributed by atoms with Crippen LogP contribution in [-0.4, -0.2) is 24.0 Å². The summed E-state index contributed by atoms with van der Waals surface area (Å²) in [7, 11) is -3.51. The number of nitrogens with one attached hydrogen (secondary N) is 1. The molecule has 3 aromatic rings. The predicted molar refractivity (Wildman–Crippen MR) is 108 cm³/mol. The van der Waals surface area contributed by atoms with Crippen molar-refractivity contribution in [3.05, 3.63) is 76.0 Å². The third-order valence-electron chi connectivity index (χ3n) is 4.44. The Morgan fingerprint density at radius 1 is 1.10 bits per heavy atom. The van der Waals surface area contributed by atoms with Crippen LogP contribution in [0.15, 0.2) is 53.3 Å². The van der Waals surface area contributed by atoms with E-state index in [9.17, 15) is 30.8 Å². The number of anilines is 1. The molecule has 0 aliphatic heterocycles. The summed E-state index contributed by atoms with van der Waals surface area (Å²) in [5.41, 5.74) is -1.03. The van der Waals surface area contributed by atoms with Crippen molar-refractivity contribution in [2.45, 2.75) is 20.0 Å². The molecular weight excluding hydrogens is 438 g/mol. The van der Waals surface area contributed by atoms with E-state index in [-0.39, 0.29) is 17.1 Å². The van der Waals surface area contributed by atoms with E-state index in [1.54, 1.807) is 19.1 Å². The van der Waals surface area contributed by atoms with E-state index in [4.69, 9.17) is 0 Å². The first kappa shape index (κ1) is 22.5. The molecule has 3 rings (SSSR count). The second-order valence-electron chi connectivity index (χ2n) is 6.64. The standard InChI is InChI=1S/C20H17F4N3O3S/c1-3-31(29,30)26-14-6-4-5-13(9-14)16-11-19(28)27(25-12(16)2)15-7-8-18(21)17(10-15)20(22,23)24/h4-11,26H,3H2,1-2H3. The zero-order valence-electron chi connectivity index (χ0n) is 16.4. The van der Waals surface area contributed by atoms with Gasteiger partial charge < -0.3 is 0 Å². The highest BCUT2D eigenvalue weighted by Gasteiger charge is 2.34. The molecule has 31 heavy (non-hydrogen) atoms. The van der Waals surface area contributed by atoms with Gasteiger partial charge >= 0.3 is 6.18 Å². The fourth-order valence-corrected chi connectivity index (χ4v) is 3.51. The summed E-state index contributed by atoms with van der Waals surface area (Å²) in [6.45, 7) is 3.03. The number of hydrogen-bond acceptors (Lipinski definition) is 4. The molecule has 0 unspecified atom stereocenters. The Hall–Kier alpha value is -3.21. The highest BCUT2D eigenvalue weighted by atomic mass is 32.2. The topological polar surface area (TPSA) is 81.1 Å². The van der Waals surface area contributed by atoms with Crippen molar-refractivity contribution in [3.8, 4) is 16.8 Å². The number of rotatable bonds is 5. The maximum atomic E-state index is 13.6. The van der Waals surface area contributed by atoms with Crippen molar-refractivity contribution in [2.75, 3.05) is 10.5 Å². The van der Waals surface area contributed by atoms with Crippen LogP contribution in [-0.2, 0) is 16.2 Å². The number of nitrogens with zero attached hydrogens (tertiary/aromatic N) is 2. The average Bonchev–Trinajstić information content (AvgIpc) is 2.69. The van der Waals surface area contributed by atoms with Crippen molar-refractivity contribution >= 4 is 15.7 Å². The molecule has 2 aromatic carbocycles. The Labute approximate surface area is 175 Å². The lowest BCUT2D eigenvalue weighted by atomic mass is 10.0. The van der Waals surface area contributed by atoms with Crippen LogP contribution in [0.4, 0.5) is 23.2 Å². The third-order valence-corrected chi connectivity index (χ3v) is 5.75. The van der Waals surface area contributed by atoms with E-state index in [1.807, 2.05) is 0 Å². The molecule has 164 valence electrons. The van der Waals surface area contributed by atoms with Crippen LogP contribution in [0.25, 0.3) is 16.8 Å². The summed E-state index contributed by atoms with van der Waals surface area (Å²) in [6.07, 6.45) is -4.93. The summed E-state index contributed by atoms with van der Waals surface area (Å²) in [4.78, 5) is 12.6. The van der Waals surface area contributed by atoms with Gasteiger partial charge in [0.1, 0.15) is 5.82 Å². The minimum Gasteiger partial charge on any atom is -0.284 e. The molecule has 1 heterocycles. The monoisotopic (exact) mass is 455 g/mol. The van der Waals surface area contributed by atoms with Crippen molar-refractivity contribution in [1.29, 1.82) is 0 Å². The Morgan fingerprint density at radius 3 is 2.45 bits per heavy atom. The van der Waals surface area contributed by atoms with Crippen LogP contribution in [0.2, 0.25) is 0 Å². The lowest BCUT2D eigenvalue weighted by molar-refractivity contribution is -0.140. The van der Waals surface area contributed by atoms with Gasteiger partial charge in [-0.15, -0.1) is 0 Å². The highest BCUT2D eigenvalue weighted by molar-refractivity contribution is 7.92. The van der Waals surface area contributed by atoms with E-state index in [2.05, 4.69) is 9.82 Å². The molecule has 0 aliphatic carbocycles. The zero-order valence-corrected chi connectivity index (χ0v) is 17.2. The molecule has 6 nitrogen and oxygen atoms in total. The molecule has 0 saturated heterocycles. The number of aromatic nitrogens is 2. The van der Waals surface area contributed by atoms with Gasteiger partial charge in [0.15, 0.2) is 0 Å². The molecule has 11 heteroatoms. The molecule has 0 radical (unpaired) electrons. The molecule has 0 bridgehead atoms. The highest BCUT2D eigenvalue weighted by Crippen LogP contribution is 2.32. The van der Waals surface area contributed by atoms with Gasteiger partial charge in [0.05, 0.1) is 22.7 Å². The summed E-state index contributed by atoms with van der Waals surface area (Å²) in [6, 6.07) is 9.62. The van der Waals surface area contributed by atoms with Crippen molar-refractivity contribution < 1.29 is 26.0 Å². The molecule has 0 spiro atoms. The fraction of sp³-hybridized carbons (Fsp3) is 0.200. The second kappa shape index (κ2) is 8.14. The maximum absolute atomic E-state index is 13.6. The van der Waals surface area contributed by atoms with Crippen LogP contribution in [0, 0.1) is 12.7 Å². The van der Waals surface area contributed by atoms with E-state index in [1.165, 1.54) is 25.1 Å². The van der Waals surface area contributed by atoms with Gasteiger partial charge in [0, 0.05) is 17.3 Å². The van der Waals surface area contributed by atoms with Crippen LogP contribution >= 0.6 is 0 Å². The number of aryl methyl sites for hydroxylation is 1. The molecule has 1 N–H and O–H groups in total. The summed E-state index contributed by atoms with van der Waals surface area (Å²) in [5, 5.41) is 4.07. The van der Waals surface area contributed by atoms with E-state index in [0.29, 0.717) is 29.0 Å². The summed E-state index contributed by atoms with van der Waals surface area (Å²) < 4.78 is 79.2. The smallest absolute Gasteiger partial charge is 0.284 e. The largest absolute Gasteiger partial charge is 0.419 e. The quantitative estimate of drug-likeness (QED) is 0.587. The SMILES string of the molecule is CCS(=O)(=O)Nc1cccc(-c2cc(=O)n(-c3ccc(F)c(C(F)(F)F)c3)nc2C)c1. The number of benzene rings is 2. The summed E-state index contributed by atoms with van der Waals surface area (Å²) in [5.74, 6) is -1.57. The van der Waals surface area contributed by atoms with Crippen molar-refractivity contribution in [1.82, 2.24) is 9.78 Å². The minimum absolute atomic E-state index is 0.120. The third kappa shape index (κ3) is 4.93. The van der Waals surface area contributed by atoms with Crippen LogP contribution in [0.1, 0.15) is 18.2 Å². The lowest BCUT2D eigenvalue weighted by Crippen LogP contribution is -2.22. The van der Waals surface area contributed by atoms with E-state index < -0.39 is 33.1 Å². The maximum Gasteiger partial charge on any atom is 0.419 e. The Bertz CT molecular complexity index is 1300. The Kier molecular flexibility index (Phi) is 5.90. The molecule has 0 aliphatic rings. The van der Waals surface area contributed by atoms with Crippen LogP contribution < -0.4 is 10.3 Å². The predicted octanol–water partition coefficient (Wildman–Crippen LogP) is 4.13. The van der Waals surface area contributed by atoms with Gasteiger partial charge in [-0.25, -0.2) is 12.8 Å². The van der Waals surface area contributed by atoms with Gasteiger partial charge in [-0.1, -0.05) is 12.1 Å². The molecule has 0 atom stereocenters. The number of sulfonamides is 1. The van der Waals surface area contributed by atoms with Crippen LogP contribution in [0.5, 0.6) is 0 Å². The van der Waals surface area contributed by atoms with E-state index >= 15 is 0 Å². The fourth-order valence-electron chi connectivity index (χ4n) is 2.88. The van der Waals surface area contributed by atoms with Crippen molar-refractivity contribution in [3.63, 3.8) is 0 Å². The first-order valence-electron chi connectivity index (χ1n) is 9.00. The first-order chi connectivity index (χ1) is 14.4. The van der Waals surface area contributed by atoms with Gasteiger partial charge in [0.2, 0.25) is 10.0 Å². The van der Waals surface area contributed by atoms with Crippen molar-refractivity contribution in [2.24, 2.45) is 0 Å². The van der Waals surface area contributed by atoms with Gasteiger partial charge in [-0.3, -0.25) is 9.52 Å². The molecular formula is C20H17F4N3O3S. The second-order valence-corrected chi connectivity index (χ2v) is 8.65. The number of hydrogen-bond donors (Lipinski definition) is 1. The molecule has 0 amide bonds. The minimum atomic E-state index is -4.93.